The van der Waals surface area contributed by atoms with Crippen molar-refractivity contribution in [1.29, 1.82) is 0 Å². The van der Waals surface area contributed by atoms with Crippen LogP contribution in [-0.2, 0) is 4.79 Å². The molecule has 1 amide bonds. The van der Waals surface area contributed by atoms with Gasteiger partial charge in [-0.2, -0.15) is 0 Å². The summed E-state index contributed by atoms with van der Waals surface area (Å²) >= 11 is 0. The molecule has 7 rings (SSSR count). The van der Waals surface area contributed by atoms with E-state index in [9.17, 15) is 14.7 Å². The van der Waals surface area contributed by atoms with Crippen LogP contribution in [0.25, 0.3) is 5.57 Å². The Kier molecular flexibility index (Phi) is 7.92. The van der Waals surface area contributed by atoms with Crippen molar-refractivity contribution in [3.63, 3.8) is 0 Å². The number of rotatable bonds is 7. The van der Waals surface area contributed by atoms with E-state index >= 15 is 0 Å². The third kappa shape index (κ3) is 4.85. The van der Waals surface area contributed by atoms with E-state index in [4.69, 9.17) is 0 Å². The molecule has 4 fully saturated rings. The summed E-state index contributed by atoms with van der Waals surface area (Å²) in [5, 5.41) is 16.3. The standard InChI is InChI=1S/C41H54N2O3/c1-38(2)31(27-12-14-28(15-13-27)36(44)45)18-22-40(4)34(38)20-23-39(3)32-19-24-41(21-8-11-33(41)30(32)16-17-35(39)40)37(46)43-26-25-42-29-9-6-5-7-10-29/h5-7,9-10,12-15,18,30,32-35,42H,8,11,16-17,19-26H2,1-4H3,(H,43,46)(H,44,45)/t30-,32?,33?,34?,35?,39-,40-,41-/m0/s1. The number of allylic oxidation sites excluding steroid dienone is 2. The molecule has 5 aliphatic carbocycles. The minimum atomic E-state index is -0.868. The van der Waals surface area contributed by atoms with Gasteiger partial charge in [0.25, 0.3) is 0 Å². The van der Waals surface area contributed by atoms with Gasteiger partial charge in [0.2, 0.25) is 5.91 Å². The molecule has 3 N–H and O–H groups in total. The number of amides is 1. The minimum absolute atomic E-state index is 0.0244. The molecule has 4 unspecified atom stereocenters. The minimum Gasteiger partial charge on any atom is -0.478 e. The van der Waals surface area contributed by atoms with Crippen LogP contribution in [0.1, 0.15) is 108 Å². The van der Waals surface area contributed by atoms with Crippen LogP contribution >= 0.6 is 0 Å². The maximum Gasteiger partial charge on any atom is 0.335 e. The average molecular weight is 623 g/mol. The van der Waals surface area contributed by atoms with E-state index in [1.807, 2.05) is 30.3 Å². The molecule has 0 heterocycles. The lowest BCUT2D eigenvalue weighted by atomic mass is 9.36. The van der Waals surface area contributed by atoms with Crippen LogP contribution in [0.3, 0.4) is 0 Å². The summed E-state index contributed by atoms with van der Waals surface area (Å²) in [6.07, 6.45) is 14.4. The summed E-state index contributed by atoms with van der Waals surface area (Å²) in [6.45, 7) is 11.6. The van der Waals surface area contributed by atoms with Crippen molar-refractivity contribution >= 4 is 23.1 Å². The van der Waals surface area contributed by atoms with Crippen molar-refractivity contribution in [2.24, 2.45) is 51.2 Å². The first kappa shape index (κ1) is 31.5. The number of carbonyl (C=O) groups excluding carboxylic acids is 1. The highest BCUT2D eigenvalue weighted by Gasteiger charge is 2.66. The number of carboxylic acids is 1. The van der Waals surface area contributed by atoms with Crippen LogP contribution in [0.5, 0.6) is 0 Å². The van der Waals surface area contributed by atoms with Gasteiger partial charge < -0.3 is 15.7 Å². The number of hydrogen-bond donors (Lipinski definition) is 3. The fourth-order valence-electron chi connectivity index (χ4n) is 12.6. The van der Waals surface area contributed by atoms with E-state index in [-0.39, 0.29) is 16.2 Å². The van der Waals surface area contributed by atoms with Crippen molar-refractivity contribution in [2.75, 3.05) is 18.4 Å². The average Bonchev–Trinajstić information content (AvgIpc) is 3.49. The Morgan fingerprint density at radius 3 is 2.28 bits per heavy atom. The zero-order valence-electron chi connectivity index (χ0n) is 28.4. The largest absolute Gasteiger partial charge is 0.478 e. The molecular weight excluding hydrogens is 568 g/mol. The summed E-state index contributed by atoms with van der Waals surface area (Å²) in [4.78, 5) is 25.5. The van der Waals surface area contributed by atoms with Gasteiger partial charge in [-0.3, -0.25) is 4.79 Å². The fourth-order valence-corrected chi connectivity index (χ4v) is 12.6. The highest BCUT2D eigenvalue weighted by atomic mass is 16.4. The Morgan fingerprint density at radius 1 is 0.783 bits per heavy atom. The van der Waals surface area contributed by atoms with Crippen LogP contribution in [0.4, 0.5) is 5.69 Å². The first-order valence-corrected chi connectivity index (χ1v) is 18.1. The van der Waals surface area contributed by atoms with Gasteiger partial charge in [0.15, 0.2) is 0 Å². The van der Waals surface area contributed by atoms with Gasteiger partial charge in [-0.1, -0.05) is 70.5 Å². The van der Waals surface area contributed by atoms with E-state index in [0.717, 1.165) is 31.5 Å². The fraction of sp³-hybridized carbons (Fsp3) is 0.610. The molecule has 0 bridgehead atoms. The van der Waals surface area contributed by atoms with Gasteiger partial charge in [0.1, 0.15) is 0 Å². The number of aromatic carboxylic acids is 1. The monoisotopic (exact) mass is 622 g/mol. The van der Waals surface area contributed by atoms with Crippen molar-refractivity contribution in [1.82, 2.24) is 5.32 Å². The second-order valence-electron chi connectivity index (χ2n) is 16.7. The number of carboxylic acid groups (broad SMARTS) is 1. The van der Waals surface area contributed by atoms with Crippen molar-refractivity contribution < 1.29 is 14.7 Å². The number of anilines is 1. The molecule has 2 aromatic carbocycles. The molecule has 0 aromatic heterocycles. The topological polar surface area (TPSA) is 78.4 Å². The predicted molar refractivity (Wildman–Crippen MR) is 185 cm³/mol. The molecule has 0 spiro atoms. The Balaban J connectivity index is 1.08. The normalized spacial score (nSPS) is 37.5. The van der Waals surface area contributed by atoms with Crippen molar-refractivity contribution in [2.45, 2.75) is 91.9 Å². The van der Waals surface area contributed by atoms with Gasteiger partial charge in [-0.15, -0.1) is 0 Å². The summed E-state index contributed by atoms with van der Waals surface area (Å²) in [6, 6.07) is 17.8. The van der Waals surface area contributed by atoms with E-state index in [1.54, 1.807) is 12.1 Å². The lowest BCUT2D eigenvalue weighted by molar-refractivity contribution is -0.181. The van der Waals surface area contributed by atoms with Crippen LogP contribution in [0.15, 0.2) is 60.7 Å². The molecule has 5 nitrogen and oxygen atoms in total. The Bertz CT molecular complexity index is 1500. The van der Waals surface area contributed by atoms with Crippen molar-refractivity contribution in [3.05, 3.63) is 71.8 Å². The lowest BCUT2D eigenvalue weighted by Gasteiger charge is -2.68. The van der Waals surface area contributed by atoms with E-state index in [2.05, 4.69) is 56.5 Å². The quantitative estimate of drug-likeness (QED) is 0.269. The van der Waals surface area contributed by atoms with Gasteiger partial charge in [-0.05, 0) is 139 Å². The summed E-state index contributed by atoms with van der Waals surface area (Å²) in [7, 11) is 0. The summed E-state index contributed by atoms with van der Waals surface area (Å²) in [5.41, 5.74) is 4.45. The lowest BCUT2D eigenvalue weighted by Crippen LogP contribution is -2.62. The SMILES string of the molecule is CC1(C)C(c2ccc(C(=O)O)cc2)=CC[C@@]2(C)C1CC[C@@]1(C)C3CC[C@@]4(C(=O)NCCNc5ccccc5)CCCC4[C@H]3CCC12. The zero-order valence-corrected chi connectivity index (χ0v) is 28.4. The molecule has 2 aromatic rings. The number of para-hydroxylation sites is 1. The van der Waals surface area contributed by atoms with Gasteiger partial charge >= 0.3 is 5.97 Å². The maximum atomic E-state index is 14.0. The maximum absolute atomic E-state index is 14.0. The highest BCUT2D eigenvalue weighted by Crippen LogP contribution is 2.73. The first-order valence-electron chi connectivity index (χ1n) is 18.1. The first-order chi connectivity index (χ1) is 22.0. The second kappa shape index (κ2) is 11.6. The van der Waals surface area contributed by atoms with Crippen LogP contribution in [0.2, 0.25) is 0 Å². The predicted octanol–water partition coefficient (Wildman–Crippen LogP) is 9.07. The summed E-state index contributed by atoms with van der Waals surface area (Å²) in [5.74, 6) is 2.66. The van der Waals surface area contributed by atoms with Gasteiger partial charge in [-0.25, -0.2) is 4.79 Å². The molecule has 8 atom stereocenters. The molecule has 46 heavy (non-hydrogen) atoms. The molecule has 0 aliphatic heterocycles. The molecule has 5 aliphatic rings. The number of nitrogens with one attached hydrogen (secondary N) is 2. The number of hydrogen-bond acceptors (Lipinski definition) is 3. The molecule has 5 heteroatoms. The Labute approximate surface area is 276 Å². The Hall–Kier alpha value is -3.08. The molecule has 0 saturated heterocycles. The van der Waals surface area contributed by atoms with E-state index in [0.29, 0.717) is 53.0 Å². The second-order valence-corrected chi connectivity index (χ2v) is 16.7. The third-order valence-electron chi connectivity index (χ3n) is 14.5. The zero-order chi connectivity index (χ0) is 32.3. The molecule has 0 radical (unpaired) electrons. The van der Waals surface area contributed by atoms with Gasteiger partial charge in [0.05, 0.1) is 11.0 Å². The highest BCUT2D eigenvalue weighted by molar-refractivity contribution is 5.88. The van der Waals surface area contributed by atoms with Gasteiger partial charge in [0, 0.05) is 18.8 Å². The smallest absolute Gasteiger partial charge is 0.335 e. The van der Waals surface area contributed by atoms with Crippen LogP contribution in [-0.4, -0.2) is 30.1 Å². The van der Waals surface area contributed by atoms with E-state index < -0.39 is 5.97 Å². The van der Waals surface area contributed by atoms with Crippen molar-refractivity contribution in [3.8, 4) is 0 Å². The molecular formula is C41H54N2O3. The Morgan fingerprint density at radius 2 is 1.54 bits per heavy atom. The number of carbonyl (C=O) groups is 2. The number of benzene rings is 2. The molecule has 246 valence electrons. The van der Waals surface area contributed by atoms with E-state index in [1.165, 1.54) is 56.1 Å². The van der Waals surface area contributed by atoms with Crippen LogP contribution < -0.4 is 10.6 Å². The third-order valence-corrected chi connectivity index (χ3v) is 14.5. The summed E-state index contributed by atoms with van der Waals surface area (Å²) < 4.78 is 0. The van der Waals surface area contributed by atoms with Crippen LogP contribution in [0, 0.1) is 51.2 Å². The molecule has 4 saturated carbocycles. The number of fused-ring (bicyclic) bond motifs is 7.